The zero-order valence-electron chi connectivity index (χ0n) is 21.6. The number of carbonyl (C=O) groups is 1. The van der Waals surface area contributed by atoms with Crippen molar-refractivity contribution < 1.29 is 14.6 Å². The SMILES string of the molecule is CCC(Cc1cccc2cc(OC3CCC(C(C)(C)C)CC3)ccc12)N1CCC(C(=O)O)CC1. The number of piperidine rings is 1. The van der Waals surface area contributed by atoms with Crippen LogP contribution in [0.2, 0.25) is 0 Å². The van der Waals surface area contributed by atoms with E-state index in [1.807, 2.05) is 0 Å². The average Bonchev–Trinajstić information content (AvgIpc) is 2.82. The van der Waals surface area contributed by atoms with Crippen molar-refractivity contribution in [2.45, 2.75) is 91.2 Å². The van der Waals surface area contributed by atoms with E-state index in [1.165, 1.54) is 29.2 Å². The number of nitrogens with zero attached hydrogens (tertiary/aromatic N) is 1. The third kappa shape index (κ3) is 5.94. The lowest BCUT2D eigenvalue weighted by molar-refractivity contribution is -0.143. The quantitative estimate of drug-likeness (QED) is 0.481. The maximum absolute atomic E-state index is 11.3. The first-order valence-electron chi connectivity index (χ1n) is 13.4. The molecule has 1 N–H and O–H groups in total. The van der Waals surface area contributed by atoms with Crippen LogP contribution in [0.1, 0.15) is 78.2 Å². The second-order valence-corrected chi connectivity index (χ2v) is 11.7. The van der Waals surface area contributed by atoms with Crippen LogP contribution in [0.5, 0.6) is 5.75 Å². The van der Waals surface area contributed by atoms with Crippen molar-refractivity contribution in [3.05, 3.63) is 42.0 Å². The van der Waals surface area contributed by atoms with Gasteiger partial charge in [0.15, 0.2) is 0 Å². The van der Waals surface area contributed by atoms with Gasteiger partial charge in [-0.1, -0.05) is 52.0 Å². The van der Waals surface area contributed by atoms with Gasteiger partial charge in [-0.25, -0.2) is 0 Å². The van der Waals surface area contributed by atoms with Gasteiger partial charge in [0.25, 0.3) is 0 Å². The molecule has 4 rings (SSSR count). The fraction of sp³-hybridized carbons (Fsp3) is 0.633. The van der Waals surface area contributed by atoms with Crippen molar-refractivity contribution in [1.29, 1.82) is 0 Å². The maximum atomic E-state index is 11.3. The van der Waals surface area contributed by atoms with E-state index in [-0.39, 0.29) is 5.92 Å². The number of carboxylic acids is 1. The van der Waals surface area contributed by atoms with Gasteiger partial charge >= 0.3 is 5.97 Å². The number of hydrogen-bond acceptors (Lipinski definition) is 3. The fourth-order valence-electron chi connectivity index (χ4n) is 6.12. The Bertz CT molecular complexity index is 963. The Kier molecular flexibility index (Phi) is 7.87. The molecule has 0 bridgehead atoms. The molecular formula is C30H43NO3. The van der Waals surface area contributed by atoms with Crippen molar-refractivity contribution in [2.75, 3.05) is 13.1 Å². The summed E-state index contributed by atoms with van der Waals surface area (Å²) in [5.41, 5.74) is 1.77. The topological polar surface area (TPSA) is 49.8 Å². The van der Waals surface area contributed by atoms with Gasteiger partial charge in [0.1, 0.15) is 5.75 Å². The molecule has 2 aliphatic rings. The molecule has 186 valence electrons. The maximum Gasteiger partial charge on any atom is 0.306 e. The molecule has 1 aliphatic heterocycles. The number of carboxylic acid groups (broad SMARTS) is 1. The van der Waals surface area contributed by atoms with Gasteiger partial charge in [0.05, 0.1) is 12.0 Å². The van der Waals surface area contributed by atoms with Crippen LogP contribution in [-0.2, 0) is 11.2 Å². The molecular weight excluding hydrogens is 422 g/mol. The molecule has 2 fully saturated rings. The zero-order valence-corrected chi connectivity index (χ0v) is 21.6. The Labute approximate surface area is 205 Å². The Balaban J connectivity index is 1.40. The summed E-state index contributed by atoms with van der Waals surface area (Å²) >= 11 is 0. The number of rotatable bonds is 7. The number of ether oxygens (including phenoxy) is 1. The third-order valence-corrected chi connectivity index (χ3v) is 8.47. The lowest BCUT2D eigenvalue weighted by Crippen LogP contribution is -2.43. The van der Waals surface area contributed by atoms with E-state index in [0.717, 1.165) is 63.3 Å². The number of benzene rings is 2. The van der Waals surface area contributed by atoms with Crippen LogP contribution >= 0.6 is 0 Å². The zero-order chi connectivity index (χ0) is 24.3. The molecule has 1 heterocycles. The van der Waals surface area contributed by atoms with Gasteiger partial charge in [-0.15, -0.1) is 0 Å². The Morgan fingerprint density at radius 1 is 1.06 bits per heavy atom. The molecule has 1 aliphatic carbocycles. The first-order valence-corrected chi connectivity index (χ1v) is 13.4. The van der Waals surface area contributed by atoms with Gasteiger partial charge in [-0.2, -0.15) is 0 Å². The summed E-state index contributed by atoms with van der Waals surface area (Å²) in [5.74, 6) is 0.981. The van der Waals surface area contributed by atoms with Gasteiger partial charge in [-0.05, 0) is 104 Å². The Hall–Kier alpha value is -2.07. The molecule has 1 saturated heterocycles. The van der Waals surface area contributed by atoms with E-state index < -0.39 is 5.97 Å². The number of hydrogen-bond donors (Lipinski definition) is 1. The van der Waals surface area contributed by atoms with Gasteiger partial charge in [0.2, 0.25) is 0 Å². The summed E-state index contributed by atoms with van der Waals surface area (Å²) in [6, 6.07) is 13.7. The minimum atomic E-state index is -0.637. The molecule has 0 amide bonds. The van der Waals surface area contributed by atoms with Gasteiger partial charge in [0, 0.05) is 6.04 Å². The molecule has 1 saturated carbocycles. The summed E-state index contributed by atoms with van der Waals surface area (Å²) in [6.07, 6.45) is 8.75. The van der Waals surface area contributed by atoms with E-state index in [1.54, 1.807) is 0 Å². The van der Waals surface area contributed by atoms with Crippen LogP contribution < -0.4 is 4.74 Å². The monoisotopic (exact) mass is 465 g/mol. The molecule has 0 radical (unpaired) electrons. The first-order chi connectivity index (χ1) is 16.2. The summed E-state index contributed by atoms with van der Waals surface area (Å²) in [6.45, 7) is 11.1. The molecule has 0 spiro atoms. The lowest BCUT2D eigenvalue weighted by Gasteiger charge is -2.37. The number of aliphatic carboxylic acids is 1. The highest BCUT2D eigenvalue weighted by Crippen LogP contribution is 2.39. The Morgan fingerprint density at radius 3 is 2.38 bits per heavy atom. The van der Waals surface area contributed by atoms with Gasteiger partial charge < -0.3 is 14.7 Å². The van der Waals surface area contributed by atoms with Gasteiger partial charge in [-0.3, -0.25) is 4.79 Å². The van der Waals surface area contributed by atoms with Crippen molar-refractivity contribution in [3.8, 4) is 5.75 Å². The lowest BCUT2D eigenvalue weighted by atomic mass is 9.72. The van der Waals surface area contributed by atoms with E-state index in [2.05, 4.69) is 69.0 Å². The molecule has 34 heavy (non-hydrogen) atoms. The summed E-state index contributed by atoms with van der Waals surface area (Å²) in [4.78, 5) is 13.8. The first kappa shape index (κ1) is 25.0. The van der Waals surface area contributed by atoms with E-state index in [4.69, 9.17) is 4.74 Å². The van der Waals surface area contributed by atoms with Crippen LogP contribution in [0.4, 0.5) is 0 Å². The average molecular weight is 466 g/mol. The number of likely N-dealkylation sites (tertiary alicyclic amines) is 1. The molecule has 2 aromatic rings. The van der Waals surface area contributed by atoms with Crippen molar-refractivity contribution >= 4 is 16.7 Å². The van der Waals surface area contributed by atoms with E-state index in [9.17, 15) is 9.90 Å². The predicted molar refractivity (Wildman–Crippen MR) is 139 cm³/mol. The summed E-state index contributed by atoms with van der Waals surface area (Å²) in [5, 5.41) is 11.9. The van der Waals surface area contributed by atoms with E-state index >= 15 is 0 Å². The second kappa shape index (κ2) is 10.7. The Morgan fingerprint density at radius 2 is 1.76 bits per heavy atom. The molecule has 1 atom stereocenters. The highest BCUT2D eigenvalue weighted by Gasteiger charge is 2.31. The van der Waals surface area contributed by atoms with Crippen LogP contribution in [0.3, 0.4) is 0 Å². The summed E-state index contributed by atoms with van der Waals surface area (Å²) < 4.78 is 6.43. The van der Waals surface area contributed by atoms with Crippen molar-refractivity contribution in [3.63, 3.8) is 0 Å². The minimum absolute atomic E-state index is 0.173. The standard InChI is InChI=1S/C30H43NO3/c1-5-25(31-17-15-21(16-18-31)29(32)33)19-22-7-6-8-23-20-27(13-14-28(22)23)34-26-11-9-24(10-12-26)30(2,3)4/h6-8,13-14,20-21,24-26H,5,9-12,15-19H2,1-4H3,(H,32,33). The largest absolute Gasteiger partial charge is 0.490 e. The predicted octanol–water partition coefficient (Wildman–Crippen LogP) is 6.94. The van der Waals surface area contributed by atoms with Crippen LogP contribution in [0.25, 0.3) is 10.8 Å². The second-order valence-electron chi connectivity index (χ2n) is 11.7. The van der Waals surface area contributed by atoms with Crippen LogP contribution in [0.15, 0.2) is 36.4 Å². The van der Waals surface area contributed by atoms with E-state index in [0.29, 0.717) is 17.6 Å². The highest BCUT2D eigenvalue weighted by molar-refractivity contribution is 5.87. The minimum Gasteiger partial charge on any atom is -0.490 e. The molecule has 4 heteroatoms. The van der Waals surface area contributed by atoms with Crippen LogP contribution in [0, 0.1) is 17.3 Å². The normalized spacial score (nSPS) is 23.6. The molecule has 4 nitrogen and oxygen atoms in total. The number of fused-ring (bicyclic) bond motifs is 1. The summed E-state index contributed by atoms with van der Waals surface area (Å²) in [7, 11) is 0. The molecule has 0 aromatic heterocycles. The van der Waals surface area contributed by atoms with Crippen molar-refractivity contribution in [2.24, 2.45) is 17.3 Å². The van der Waals surface area contributed by atoms with Crippen LogP contribution in [-0.4, -0.2) is 41.2 Å². The molecule has 1 unspecified atom stereocenters. The smallest absolute Gasteiger partial charge is 0.306 e. The third-order valence-electron chi connectivity index (χ3n) is 8.47. The highest BCUT2D eigenvalue weighted by atomic mass is 16.5. The van der Waals surface area contributed by atoms with Crippen molar-refractivity contribution in [1.82, 2.24) is 4.90 Å². The fourth-order valence-corrected chi connectivity index (χ4v) is 6.12. The molecule has 2 aromatic carbocycles.